The zero-order valence-electron chi connectivity index (χ0n) is 12.8. The number of rotatable bonds is 8. The first-order valence-electron chi connectivity index (χ1n) is 7.31. The third kappa shape index (κ3) is 5.03. The molecule has 23 heavy (non-hydrogen) atoms. The van der Waals surface area contributed by atoms with Gasteiger partial charge in [0, 0.05) is 5.56 Å². The third-order valence-corrected chi connectivity index (χ3v) is 3.22. The van der Waals surface area contributed by atoms with Crippen molar-refractivity contribution in [2.75, 3.05) is 6.61 Å². The predicted molar refractivity (Wildman–Crippen MR) is 81.3 cm³/mol. The average molecular weight is 319 g/mol. The summed E-state index contributed by atoms with van der Waals surface area (Å²) in [6.45, 7) is 2.24. The molecule has 0 bridgehead atoms. The van der Waals surface area contributed by atoms with E-state index in [1.807, 2.05) is 0 Å². The van der Waals surface area contributed by atoms with E-state index in [9.17, 15) is 14.0 Å². The van der Waals surface area contributed by atoms with Gasteiger partial charge in [-0.05, 0) is 43.3 Å². The molecule has 0 saturated heterocycles. The summed E-state index contributed by atoms with van der Waals surface area (Å²) in [4.78, 5) is 24.2. The molecule has 6 heteroatoms. The Labute approximate surface area is 133 Å². The van der Waals surface area contributed by atoms with Gasteiger partial charge in [0.15, 0.2) is 5.78 Å². The number of esters is 1. The molecule has 0 aliphatic carbocycles. The third-order valence-electron chi connectivity index (χ3n) is 3.22. The maximum Gasteiger partial charge on any atom is 0.307 e. The van der Waals surface area contributed by atoms with Gasteiger partial charge < -0.3 is 9.15 Å². The van der Waals surface area contributed by atoms with E-state index in [4.69, 9.17) is 9.15 Å². The summed E-state index contributed by atoms with van der Waals surface area (Å²) >= 11 is 0. The highest BCUT2D eigenvalue weighted by molar-refractivity contribution is 6.01. The summed E-state index contributed by atoms with van der Waals surface area (Å²) in [6, 6.07) is 7.93. The van der Waals surface area contributed by atoms with Crippen LogP contribution in [0.3, 0.4) is 0 Å². The molecule has 2 rings (SSSR count). The van der Waals surface area contributed by atoms with Crippen LogP contribution in [0.2, 0.25) is 0 Å². The number of hydrogen-bond donors (Lipinski definition) is 1. The Morgan fingerprint density at radius 3 is 2.61 bits per heavy atom. The van der Waals surface area contributed by atoms with Crippen LogP contribution in [0.1, 0.15) is 29.5 Å². The van der Waals surface area contributed by atoms with Gasteiger partial charge in [0.1, 0.15) is 11.6 Å². The first kappa shape index (κ1) is 16.9. The maximum absolute atomic E-state index is 13.0. The van der Waals surface area contributed by atoms with E-state index in [0.717, 1.165) is 0 Å². The molecule has 0 amide bonds. The van der Waals surface area contributed by atoms with E-state index in [1.165, 1.54) is 30.5 Å². The van der Waals surface area contributed by atoms with E-state index >= 15 is 0 Å². The normalized spacial score (nSPS) is 11.9. The Hall–Kier alpha value is -2.47. The SMILES string of the molecule is CCOC(=O)CC(NCc1ccco1)C(=O)c1ccc(F)cc1. The number of benzene rings is 1. The predicted octanol–water partition coefficient (Wildman–Crippen LogP) is 2.71. The van der Waals surface area contributed by atoms with Gasteiger partial charge >= 0.3 is 5.97 Å². The first-order chi connectivity index (χ1) is 11.1. The lowest BCUT2D eigenvalue weighted by molar-refractivity contribution is -0.143. The Balaban J connectivity index is 2.08. The minimum absolute atomic E-state index is 0.106. The van der Waals surface area contributed by atoms with Crippen molar-refractivity contribution in [1.29, 1.82) is 0 Å². The maximum atomic E-state index is 13.0. The highest BCUT2D eigenvalue weighted by Crippen LogP contribution is 2.10. The molecule has 1 heterocycles. The molecule has 1 atom stereocenters. The van der Waals surface area contributed by atoms with Crippen LogP contribution in [-0.4, -0.2) is 24.4 Å². The van der Waals surface area contributed by atoms with Crippen molar-refractivity contribution in [2.24, 2.45) is 0 Å². The van der Waals surface area contributed by atoms with Gasteiger partial charge in [-0.2, -0.15) is 0 Å². The van der Waals surface area contributed by atoms with Crippen LogP contribution in [-0.2, 0) is 16.1 Å². The minimum atomic E-state index is -0.774. The largest absolute Gasteiger partial charge is 0.468 e. The number of furan rings is 1. The molecular formula is C17H18FNO4. The van der Waals surface area contributed by atoms with Gasteiger partial charge in [-0.25, -0.2) is 4.39 Å². The topological polar surface area (TPSA) is 68.5 Å². The molecule has 0 radical (unpaired) electrons. The fourth-order valence-electron chi connectivity index (χ4n) is 2.10. The van der Waals surface area contributed by atoms with Crippen LogP contribution in [0.5, 0.6) is 0 Å². The van der Waals surface area contributed by atoms with Gasteiger partial charge in [-0.3, -0.25) is 14.9 Å². The Morgan fingerprint density at radius 2 is 2.00 bits per heavy atom. The van der Waals surface area contributed by atoms with E-state index in [1.54, 1.807) is 19.1 Å². The summed E-state index contributed by atoms with van der Waals surface area (Å²) in [5.41, 5.74) is 0.327. The molecule has 1 aromatic carbocycles. The average Bonchev–Trinajstić information content (AvgIpc) is 3.05. The summed E-state index contributed by atoms with van der Waals surface area (Å²) in [5.74, 6) is -0.553. The Morgan fingerprint density at radius 1 is 1.26 bits per heavy atom. The highest BCUT2D eigenvalue weighted by atomic mass is 19.1. The van der Waals surface area contributed by atoms with Crippen molar-refractivity contribution >= 4 is 11.8 Å². The molecule has 5 nitrogen and oxygen atoms in total. The second-order valence-electron chi connectivity index (χ2n) is 4.89. The molecule has 2 aromatic rings. The number of ketones is 1. The number of hydrogen-bond acceptors (Lipinski definition) is 5. The van der Waals surface area contributed by atoms with Gasteiger partial charge in [0.05, 0.1) is 31.9 Å². The number of nitrogens with one attached hydrogen (secondary N) is 1. The number of carbonyl (C=O) groups excluding carboxylic acids is 2. The molecule has 0 aliphatic heterocycles. The summed E-state index contributed by atoms with van der Waals surface area (Å²) in [5, 5.41) is 2.99. The van der Waals surface area contributed by atoms with E-state index in [2.05, 4.69) is 5.32 Å². The van der Waals surface area contributed by atoms with E-state index in [-0.39, 0.29) is 18.8 Å². The molecule has 1 aromatic heterocycles. The smallest absolute Gasteiger partial charge is 0.307 e. The van der Waals surface area contributed by atoms with Crippen LogP contribution in [0.25, 0.3) is 0 Å². The molecular weight excluding hydrogens is 301 g/mol. The summed E-state index contributed by atoms with van der Waals surface area (Å²) in [7, 11) is 0. The zero-order chi connectivity index (χ0) is 16.7. The molecule has 0 aliphatic rings. The lowest BCUT2D eigenvalue weighted by Crippen LogP contribution is -2.38. The van der Waals surface area contributed by atoms with Crippen molar-refractivity contribution in [2.45, 2.75) is 25.9 Å². The van der Waals surface area contributed by atoms with Gasteiger partial charge in [-0.15, -0.1) is 0 Å². The van der Waals surface area contributed by atoms with Gasteiger partial charge in [0.2, 0.25) is 0 Å². The zero-order valence-corrected chi connectivity index (χ0v) is 12.8. The molecule has 0 spiro atoms. The van der Waals surface area contributed by atoms with Crippen LogP contribution in [0, 0.1) is 5.82 Å². The standard InChI is InChI=1S/C17H18FNO4/c1-2-22-16(20)10-15(19-11-14-4-3-9-23-14)17(21)12-5-7-13(18)8-6-12/h3-9,15,19H,2,10-11H2,1H3. The number of Topliss-reactive ketones (excluding diaryl/α,β-unsaturated/α-hetero) is 1. The fraction of sp³-hybridized carbons (Fsp3) is 0.294. The number of ether oxygens (including phenoxy) is 1. The highest BCUT2D eigenvalue weighted by Gasteiger charge is 2.23. The molecule has 0 fully saturated rings. The Bertz CT molecular complexity index is 637. The number of halogens is 1. The first-order valence-corrected chi connectivity index (χ1v) is 7.31. The quantitative estimate of drug-likeness (QED) is 0.598. The van der Waals surface area contributed by atoms with Crippen LogP contribution < -0.4 is 5.32 Å². The van der Waals surface area contributed by atoms with Crippen molar-refractivity contribution in [3.63, 3.8) is 0 Å². The van der Waals surface area contributed by atoms with Crippen molar-refractivity contribution in [3.05, 3.63) is 59.8 Å². The lowest BCUT2D eigenvalue weighted by Gasteiger charge is -2.16. The van der Waals surface area contributed by atoms with Crippen LogP contribution in [0.15, 0.2) is 47.1 Å². The number of carbonyl (C=O) groups is 2. The monoisotopic (exact) mass is 319 g/mol. The van der Waals surface area contributed by atoms with Crippen molar-refractivity contribution < 1.29 is 23.1 Å². The molecule has 0 saturated carbocycles. The molecule has 122 valence electrons. The fourth-order valence-corrected chi connectivity index (χ4v) is 2.10. The lowest BCUT2D eigenvalue weighted by atomic mass is 10.0. The van der Waals surface area contributed by atoms with Gasteiger partial charge in [0.25, 0.3) is 0 Å². The Kier molecular flexibility index (Phi) is 6.05. The summed E-state index contributed by atoms with van der Waals surface area (Å²) < 4.78 is 23.1. The van der Waals surface area contributed by atoms with Crippen LogP contribution in [0.4, 0.5) is 4.39 Å². The van der Waals surface area contributed by atoms with Crippen molar-refractivity contribution in [3.8, 4) is 0 Å². The van der Waals surface area contributed by atoms with E-state index < -0.39 is 17.8 Å². The second kappa shape index (κ2) is 8.24. The summed E-state index contributed by atoms with van der Waals surface area (Å²) in [6.07, 6.45) is 1.42. The van der Waals surface area contributed by atoms with Crippen LogP contribution >= 0.6 is 0 Å². The van der Waals surface area contributed by atoms with E-state index in [0.29, 0.717) is 17.9 Å². The molecule has 1 unspecified atom stereocenters. The van der Waals surface area contributed by atoms with Gasteiger partial charge in [-0.1, -0.05) is 0 Å². The second-order valence-corrected chi connectivity index (χ2v) is 4.89. The van der Waals surface area contributed by atoms with Crippen molar-refractivity contribution in [1.82, 2.24) is 5.32 Å². The molecule has 1 N–H and O–H groups in total. The minimum Gasteiger partial charge on any atom is -0.468 e.